The number of fused-ring (bicyclic) bond motifs is 2. The molecular formula is C11H14N5O8P. The molecule has 14 heteroatoms. The fourth-order valence-electron chi connectivity index (χ4n) is 2.98. The third-order valence-corrected chi connectivity index (χ3v) is 4.80. The Bertz CT molecular complexity index is 923. The normalized spacial score (nSPS) is 32.4. The van der Waals surface area contributed by atoms with Crippen molar-refractivity contribution < 1.29 is 33.7 Å². The van der Waals surface area contributed by atoms with Gasteiger partial charge in [-0.25, -0.2) is 4.98 Å². The lowest BCUT2D eigenvalue weighted by atomic mass is 10.1. The molecule has 2 aliphatic rings. The van der Waals surface area contributed by atoms with E-state index in [0.29, 0.717) is 0 Å². The first-order chi connectivity index (χ1) is 11.8. The molecule has 0 spiro atoms. The Hall–Kier alpha value is -1.86. The number of aromatic nitrogens is 4. The molecule has 0 amide bonds. The maximum atomic E-state index is 11.9. The van der Waals surface area contributed by atoms with Gasteiger partial charge in [-0.2, -0.15) is 4.98 Å². The first kappa shape index (κ1) is 16.6. The van der Waals surface area contributed by atoms with Gasteiger partial charge in [-0.3, -0.25) is 18.9 Å². The van der Waals surface area contributed by atoms with E-state index in [1.807, 2.05) is 0 Å². The highest BCUT2D eigenvalue weighted by Gasteiger charge is 2.57. The van der Waals surface area contributed by atoms with Gasteiger partial charge in [-0.1, -0.05) is 0 Å². The quantitative estimate of drug-likeness (QED) is 0.366. The summed E-state index contributed by atoms with van der Waals surface area (Å²) in [6.07, 6.45) is -2.46. The maximum Gasteiger partial charge on any atom is 0.381 e. The van der Waals surface area contributed by atoms with Crippen LogP contribution in [0, 0.1) is 0 Å². The van der Waals surface area contributed by atoms with Gasteiger partial charge in [0.05, 0.1) is 12.9 Å². The van der Waals surface area contributed by atoms with Crippen LogP contribution in [0.3, 0.4) is 0 Å². The van der Waals surface area contributed by atoms with E-state index in [9.17, 15) is 24.3 Å². The molecule has 136 valence electrons. The zero-order chi connectivity index (χ0) is 17.9. The van der Waals surface area contributed by atoms with Crippen molar-refractivity contribution in [1.29, 1.82) is 0 Å². The van der Waals surface area contributed by atoms with Crippen molar-refractivity contribution in [3.05, 3.63) is 16.7 Å². The summed E-state index contributed by atoms with van der Waals surface area (Å²) < 4.78 is 28.9. The summed E-state index contributed by atoms with van der Waals surface area (Å²) in [7, 11) is -4.67. The van der Waals surface area contributed by atoms with Crippen LogP contribution in [0.5, 0.6) is 0 Å². The number of rotatable bonds is 3. The van der Waals surface area contributed by atoms with E-state index < -0.39 is 50.3 Å². The molecule has 5 atom stereocenters. The predicted molar refractivity (Wildman–Crippen MR) is 79.1 cm³/mol. The number of aliphatic hydroxyl groups is 1. The predicted octanol–water partition coefficient (Wildman–Crippen LogP) is -2.16. The van der Waals surface area contributed by atoms with Crippen LogP contribution >= 0.6 is 7.60 Å². The van der Waals surface area contributed by atoms with Gasteiger partial charge >= 0.3 is 7.60 Å². The number of nitrogens with two attached hydrogens (primary N) is 1. The van der Waals surface area contributed by atoms with Crippen molar-refractivity contribution in [3.8, 4) is 0 Å². The third kappa shape index (κ3) is 2.57. The monoisotopic (exact) mass is 375 g/mol. The molecule has 5 unspecified atom stereocenters. The van der Waals surface area contributed by atoms with Gasteiger partial charge in [-0.05, 0) is 0 Å². The summed E-state index contributed by atoms with van der Waals surface area (Å²) in [5.41, 5.74) is 5.10. The van der Waals surface area contributed by atoms with Crippen LogP contribution in [0.15, 0.2) is 11.1 Å². The van der Waals surface area contributed by atoms with Gasteiger partial charge in [-0.15, -0.1) is 0 Å². The van der Waals surface area contributed by atoms with Crippen LogP contribution in [0.4, 0.5) is 5.95 Å². The second kappa shape index (κ2) is 5.57. The van der Waals surface area contributed by atoms with Crippen LogP contribution in [-0.4, -0.2) is 65.4 Å². The van der Waals surface area contributed by atoms with Gasteiger partial charge < -0.3 is 34.8 Å². The van der Waals surface area contributed by atoms with Crippen molar-refractivity contribution in [1.82, 2.24) is 19.5 Å². The van der Waals surface area contributed by atoms with E-state index in [0.717, 1.165) is 0 Å². The summed E-state index contributed by atoms with van der Waals surface area (Å²) >= 11 is 0. The second-order valence-corrected chi connectivity index (χ2v) is 7.22. The number of hydrogen-bond donors (Lipinski definition) is 5. The molecule has 2 aromatic heterocycles. The molecular weight excluding hydrogens is 361 g/mol. The summed E-state index contributed by atoms with van der Waals surface area (Å²) in [5, 5.41) is 9.45. The van der Waals surface area contributed by atoms with Crippen molar-refractivity contribution in [2.45, 2.75) is 30.6 Å². The molecule has 2 aliphatic heterocycles. The molecule has 4 rings (SSSR count). The Morgan fingerprint density at radius 3 is 2.72 bits per heavy atom. The van der Waals surface area contributed by atoms with Gasteiger partial charge in [0, 0.05) is 0 Å². The first-order valence-corrected chi connectivity index (χ1v) is 8.82. The molecule has 13 nitrogen and oxygen atoms in total. The summed E-state index contributed by atoms with van der Waals surface area (Å²) in [4.78, 5) is 40.6. The van der Waals surface area contributed by atoms with Gasteiger partial charge in [0.25, 0.3) is 11.6 Å². The van der Waals surface area contributed by atoms with E-state index >= 15 is 0 Å². The average Bonchev–Trinajstić information content (AvgIpc) is 3.18. The fourth-order valence-corrected chi connectivity index (χ4v) is 3.58. The van der Waals surface area contributed by atoms with Crippen LogP contribution in [0.2, 0.25) is 0 Å². The van der Waals surface area contributed by atoms with Crippen LogP contribution in [0.25, 0.3) is 11.2 Å². The molecule has 25 heavy (non-hydrogen) atoms. The molecule has 2 aromatic rings. The summed E-state index contributed by atoms with van der Waals surface area (Å²) in [5.74, 6) is -0.135. The topological polar surface area (TPSA) is 195 Å². The van der Waals surface area contributed by atoms with Crippen LogP contribution in [0.1, 0.15) is 6.23 Å². The Morgan fingerprint density at radius 2 is 2.04 bits per heavy atom. The molecule has 0 bridgehead atoms. The minimum atomic E-state index is -4.67. The Kier molecular flexibility index (Phi) is 3.70. The fraction of sp³-hybridized carbons (Fsp3) is 0.545. The number of aromatic amines is 1. The summed E-state index contributed by atoms with van der Waals surface area (Å²) in [6, 6.07) is -1.76. The molecule has 2 fully saturated rings. The van der Waals surface area contributed by atoms with Gasteiger partial charge in [0.2, 0.25) is 5.95 Å². The lowest BCUT2D eigenvalue weighted by Crippen LogP contribution is -2.31. The number of imidazole rings is 1. The van der Waals surface area contributed by atoms with Crippen LogP contribution in [-0.2, 0) is 18.8 Å². The summed E-state index contributed by atoms with van der Waals surface area (Å²) in [6.45, 7) is -0.461. The first-order valence-electron chi connectivity index (χ1n) is 7.14. The SMILES string of the molecule is Nc1nc2c(ncn2C2OC(CO)C3OC(P(=O)(O)O)OC32)c(=O)[nH]1. The maximum absolute atomic E-state index is 11.9. The number of hydrogen-bond acceptors (Lipinski definition) is 9. The zero-order valence-electron chi connectivity index (χ0n) is 12.4. The number of nitrogen functional groups attached to an aromatic ring is 1. The molecule has 2 saturated heterocycles. The molecule has 0 aliphatic carbocycles. The Morgan fingerprint density at radius 1 is 1.32 bits per heavy atom. The Balaban J connectivity index is 1.76. The molecule has 0 radical (unpaired) electrons. The van der Waals surface area contributed by atoms with E-state index in [4.69, 9.17) is 19.9 Å². The Labute approximate surface area is 138 Å². The van der Waals surface area contributed by atoms with Crippen molar-refractivity contribution in [2.24, 2.45) is 0 Å². The molecule has 0 aromatic carbocycles. The van der Waals surface area contributed by atoms with E-state index in [1.165, 1.54) is 10.9 Å². The van der Waals surface area contributed by atoms with Gasteiger partial charge in [0.1, 0.15) is 18.3 Å². The van der Waals surface area contributed by atoms with E-state index in [1.54, 1.807) is 0 Å². The minimum absolute atomic E-state index is 0.00671. The van der Waals surface area contributed by atoms with Crippen molar-refractivity contribution >= 4 is 24.7 Å². The average molecular weight is 375 g/mol. The number of aliphatic hydroxyl groups excluding tert-OH is 1. The third-order valence-electron chi connectivity index (χ3n) is 4.01. The molecule has 6 N–H and O–H groups in total. The van der Waals surface area contributed by atoms with Crippen molar-refractivity contribution in [3.63, 3.8) is 0 Å². The zero-order valence-corrected chi connectivity index (χ0v) is 13.3. The smallest absolute Gasteiger partial charge is 0.381 e. The number of nitrogens with zero attached hydrogens (tertiary/aromatic N) is 3. The largest absolute Gasteiger partial charge is 0.394 e. The van der Waals surface area contributed by atoms with Gasteiger partial charge in [0.15, 0.2) is 17.4 Å². The molecule has 4 heterocycles. The van der Waals surface area contributed by atoms with E-state index in [2.05, 4.69) is 15.0 Å². The highest BCUT2D eigenvalue weighted by molar-refractivity contribution is 7.52. The van der Waals surface area contributed by atoms with E-state index in [-0.39, 0.29) is 17.1 Å². The van der Waals surface area contributed by atoms with Crippen molar-refractivity contribution in [2.75, 3.05) is 12.3 Å². The van der Waals surface area contributed by atoms with Crippen LogP contribution < -0.4 is 11.3 Å². The standard InChI is InChI=1S/C11H14N5O8P/c12-10-14-7-4(8(18)15-10)13-2-16(7)9-6-5(3(1-17)22-9)23-11(24-6)25(19,20)21/h2-3,5-6,9,11,17H,1H2,(H2,19,20,21)(H3,12,14,15,18). The number of nitrogens with one attached hydrogen (secondary N) is 1. The number of H-pyrrole nitrogens is 1. The lowest BCUT2D eigenvalue weighted by molar-refractivity contribution is -0.128. The second-order valence-electron chi connectivity index (χ2n) is 5.62. The number of anilines is 1. The highest BCUT2D eigenvalue weighted by Crippen LogP contribution is 2.51. The minimum Gasteiger partial charge on any atom is -0.394 e. The molecule has 0 saturated carbocycles. The lowest BCUT2D eigenvalue weighted by Gasteiger charge is -2.20. The number of ether oxygens (including phenoxy) is 3. The highest BCUT2D eigenvalue weighted by atomic mass is 31.2.